The molecule has 11 heteroatoms. The molecule has 3 N–H and O–H groups in total. The van der Waals surface area contributed by atoms with Crippen molar-refractivity contribution < 1.29 is 33.3 Å². The number of amides is 3. The zero-order chi connectivity index (χ0) is 28.0. The van der Waals surface area contributed by atoms with Crippen molar-refractivity contribution in [3.63, 3.8) is 0 Å². The first kappa shape index (κ1) is 28.5. The largest absolute Gasteiger partial charge is 0.497 e. The van der Waals surface area contributed by atoms with Gasteiger partial charge in [0, 0.05) is 5.69 Å². The summed E-state index contributed by atoms with van der Waals surface area (Å²) in [4.78, 5) is 36.7. The van der Waals surface area contributed by atoms with Gasteiger partial charge in [0.15, 0.2) is 18.1 Å². The number of methoxy groups -OCH3 is 1. The van der Waals surface area contributed by atoms with Crippen molar-refractivity contribution in [1.82, 2.24) is 5.43 Å². The number of hydrazone groups is 1. The molecule has 11 nitrogen and oxygen atoms in total. The van der Waals surface area contributed by atoms with E-state index in [1.807, 2.05) is 13.8 Å². The van der Waals surface area contributed by atoms with E-state index >= 15 is 0 Å². The Morgan fingerprint density at radius 2 is 1.51 bits per heavy atom. The number of nitrogens with zero attached hydrogens (tertiary/aromatic N) is 1. The molecule has 0 fully saturated rings. The van der Waals surface area contributed by atoms with Crippen LogP contribution in [0.25, 0.3) is 0 Å². The molecule has 3 aromatic rings. The first-order chi connectivity index (χ1) is 18.9. The van der Waals surface area contributed by atoms with E-state index in [9.17, 15) is 14.4 Å². The van der Waals surface area contributed by atoms with Gasteiger partial charge in [0.05, 0.1) is 32.2 Å². The van der Waals surface area contributed by atoms with Gasteiger partial charge >= 0.3 is 11.8 Å². The summed E-state index contributed by atoms with van der Waals surface area (Å²) in [7, 11) is 1.56. The second-order valence-corrected chi connectivity index (χ2v) is 7.79. The maximum Gasteiger partial charge on any atom is 0.329 e. The molecule has 0 atom stereocenters. The Hall–Kier alpha value is -5.06. The predicted octanol–water partition coefficient (Wildman–Crippen LogP) is 3.60. The van der Waals surface area contributed by atoms with Gasteiger partial charge in [-0.05, 0) is 74.0 Å². The first-order valence-corrected chi connectivity index (χ1v) is 12.1. The minimum absolute atomic E-state index is 0.239. The van der Waals surface area contributed by atoms with Crippen LogP contribution in [0, 0.1) is 0 Å². The van der Waals surface area contributed by atoms with Crippen molar-refractivity contribution in [1.29, 1.82) is 0 Å². The monoisotopic (exact) mass is 534 g/mol. The van der Waals surface area contributed by atoms with Gasteiger partial charge in [-0.2, -0.15) is 5.10 Å². The molecule has 0 aliphatic carbocycles. The van der Waals surface area contributed by atoms with Crippen LogP contribution in [0.2, 0.25) is 0 Å². The van der Waals surface area contributed by atoms with E-state index in [0.29, 0.717) is 53.2 Å². The molecule has 0 saturated heterocycles. The number of rotatable bonds is 12. The lowest BCUT2D eigenvalue weighted by atomic mass is 10.2. The molecule has 0 spiro atoms. The molecule has 0 bridgehead atoms. The number of para-hydroxylation sites is 2. The highest BCUT2D eigenvalue weighted by molar-refractivity contribution is 6.39. The van der Waals surface area contributed by atoms with E-state index in [1.165, 1.54) is 6.21 Å². The smallest absolute Gasteiger partial charge is 0.329 e. The van der Waals surface area contributed by atoms with Gasteiger partial charge in [-0.1, -0.05) is 12.1 Å². The standard InChI is InChI=1S/C28H30N4O7/c1-4-37-23-9-7-6-8-22(23)31-27(34)28(35)32-29-17-19-10-15-24(25(16-19)38-5-2)39-18-26(33)30-20-11-13-21(36-3)14-12-20/h6-17H,4-5,18H2,1-3H3,(H,30,33)(H,31,34)(H,32,35)/b29-17-. The number of carbonyl (C=O) groups is 3. The molecular formula is C28H30N4O7. The molecule has 3 aromatic carbocycles. The topological polar surface area (TPSA) is 137 Å². The molecule has 0 aliphatic rings. The van der Waals surface area contributed by atoms with Crippen LogP contribution in [-0.4, -0.2) is 50.9 Å². The van der Waals surface area contributed by atoms with Crippen LogP contribution in [0.3, 0.4) is 0 Å². The van der Waals surface area contributed by atoms with Gasteiger partial charge in [-0.25, -0.2) is 5.43 Å². The summed E-state index contributed by atoms with van der Waals surface area (Å²) in [5.74, 6) is -0.325. The third-order valence-electron chi connectivity index (χ3n) is 5.02. The number of hydrogen-bond donors (Lipinski definition) is 3. The molecule has 39 heavy (non-hydrogen) atoms. The normalized spacial score (nSPS) is 10.4. The molecule has 3 rings (SSSR count). The van der Waals surface area contributed by atoms with Crippen molar-refractivity contribution in [3.05, 3.63) is 72.3 Å². The van der Waals surface area contributed by atoms with E-state index in [-0.39, 0.29) is 12.5 Å². The lowest BCUT2D eigenvalue weighted by Gasteiger charge is -2.13. The first-order valence-electron chi connectivity index (χ1n) is 12.1. The highest BCUT2D eigenvalue weighted by Gasteiger charge is 2.15. The quantitative estimate of drug-likeness (QED) is 0.183. The fourth-order valence-corrected chi connectivity index (χ4v) is 3.25. The molecule has 0 unspecified atom stereocenters. The Labute approximate surface area is 226 Å². The van der Waals surface area contributed by atoms with Gasteiger partial charge in [-0.15, -0.1) is 0 Å². The minimum atomic E-state index is -0.953. The van der Waals surface area contributed by atoms with Crippen molar-refractivity contribution in [2.75, 3.05) is 37.6 Å². The van der Waals surface area contributed by atoms with Crippen molar-refractivity contribution in [2.24, 2.45) is 5.10 Å². The molecule has 0 heterocycles. The second-order valence-electron chi connectivity index (χ2n) is 7.79. The van der Waals surface area contributed by atoms with Gasteiger partial charge in [0.25, 0.3) is 5.91 Å². The van der Waals surface area contributed by atoms with Crippen molar-refractivity contribution in [2.45, 2.75) is 13.8 Å². The van der Waals surface area contributed by atoms with Gasteiger partial charge < -0.3 is 29.6 Å². The Kier molecular flexibility index (Phi) is 10.7. The summed E-state index contributed by atoms with van der Waals surface area (Å²) in [5, 5.41) is 9.07. The Morgan fingerprint density at radius 1 is 0.795 bits per heavy atom. The van der Waals surface area contributed by atoms with E-state index in [1.54, 1.807) is 73.8 Å². The van der Waals surface area contributed by atoms with Crippen LogP contribution in [0.1, 0.15) is 19.4 Å². The Morgan fingerprint density at radius 3 is 2.23 bits per heavy atom. The fourth-order valence-electron chi connectivity index (χ4n) is 3.25. The lowest BCUT2D eigenvalue weighted by molar-refractivity contribution is -0.136. The molecule has 0 saturated carbocycles. The average Bonchev–Trinajstić information content (AvgIpc) is 2.94. The summed E-state index contributed by atoms with van der Waals surface area (Å²) in [6.07, 6.45) is 1.35. The number of anilines is 2. The maximum atomic E-state index is 12.3. The van der Waals surface area contributed by atoms with Gasteiger partial charge in [-0.3, -0.25) is 14.4 Å². The zero-order valence-electron chi connectivity index (χ0n) is 21.9. The maximum absolute atomic E-state index is 12.3. The van der Waals surface area contributed by atoms with Crippen LogP contribution in [0.5, 0.6) is 23.0 Å². The third-order valence-corrected chi connectivity index (χ3v) is 5.02. The summed E-state index contributed by atoms with van der Waals surface area (Å²) in [6.45, 7) is 4.15. The van der Waals surface area contributed by atoms with Crippen molar-refractivity contribution >= 4 is 35.3 Å². The van der Waals surface area contributed by atoms with Crippen LogP contribution in [0.4, 0.5) is 11.4 Å². The molecular weight excluding hydrogens is 504 g/mol. The summed E-state index contributed by atoms with van der Waals surface area (Å²) < 4.78 is 21.8. The molecule has 3 amide bonds. The Balaban J connectivity index is 1.55. The van der Waals surface area contributed by atoms with E-state index in [4.69, 9.17) is 18.9 Å². The average molecular weight is 535 g/mol. The minimum Gasteiger partial charge on any atom is -0.497 e. The van der Waals surface area contributed by atoms with E-state index in [2.05, 4.69) is 21.2 Å². The van der Waals surface area contributed by atoms with Crippen LogP contribution >= 0.6 is 0 Å². The van der Waals surface area contributed by atoms with E-state index in [0.717, 1.165) is 0 Å². The number of benzene rings is 3. The van der Waals surface area contributed by atoms with Gasteiger partial charge in [0.2, 0.25) is 0 Å². The van der Waals surface area contributed by atoms with Crippen LogP contribution in [-0.2, 0) is 14.4 Å². The molecule has 0 aliphatic heterocycles. The highest BCUT2D eigenvalue weighted by atomic mass is 16.5. The summed E-state index contributed by atoms with van der Waals surface area (Å²) in [6, 6.07) is 18.6. The molecule has 0 radical (unpaired) electrons. The highest BCUT2D eigenvalue weighted by Crippen LogP contribution is 2.28. The van der Waals surface area contributed by atoms with Crippen LogP contribution in [0.15, 0.2) is 71.8 Å². The summed E-state index contributed by atoms with van der Waals surface area (Å²) >= 11 is 0. The molecule has 0 aromatic heterocycles. The Bertz CT molecular complexity index is 1310. The van der Waals surface area contributed by atoms with E-state index < -0.39 is 11.8 Å². The van der Waals surface area contributed by atoms with Crippen LogP contribution < -0.4 is 35.0 Å². The third kappa shape index (κ3) is 8.78. The fraction of sp³-hybridized carbons (Fsp3) is 0.214. The molecule has 204 valence electrons. The lowest BCUT2D eigenvalue weighted by Crippen LogP contribution is -2.32. The second kappa shape index (κ2) is 14.6. The number of carbonyl (C=O) groups excluding carboxylic acids is 3. The number of nitrogens with one attached hydrogen (secondary N) is 3. The van der Waals surface area contributed by atoms with Gasteiger partial charge in [0.1, 0.15) is 11.5 Å². The zero-order valence-corrected chi connectivity index (χ0v) is 21.9. The summed E-state index contributed by atoms with van der Waals surface area (Å²) in [5.41, 5.74) is 3.73. The number of ether oxygens (including phenoxy) is 4. The number of hydrogen-bond acceptors (Lipinski definition) is 8. The van der Waals surface area contributed by atoms with Crippen molar-refractivity contribution in [3.8, 4) is 23.0 Å². The predicted molar refractivity (Wildman–Crippen MR) is 147 cm³/mol. The SMILES string of the molecule is CCOc1ccccc1NC(=O)C(=O)N/N=C\c1ccc(OCC(=O)Nc2ccc(OC)cc2)c(OCC)c1.